The highest BCUT2D eigenvalue weighted by Crippen LogP contribution is 2.42. The van der Waals surface area contributed by atoms with Gasteiger partial charge in [-0.1, -0.05) is 15.9 Å². The van der Waals surface area contributed by atoms with Crippen molar-refractivity contribution in [3.05, 3.63) is 54.6 Å². The molecule has 90 valence electrons. The van der Waals surface area contributed by atoms with Crippen LogP contribution < -0.4 is 0 Å². The van der Waals surface area contributed by atoms with Crippen LogP contribution in [0, 0.1) is 11.6 Å². The normalized spacial score (nSPS) is 12.8. The Balaban J connectivity index is 2.46. The van der Waals surface area contributed by atoms with E-state index < -0.39 is 11.6 Å². The molecule has 1 atom stereocenters. The van der Waals surface area contributed by atoms with E-state index >= 15 is 0 Å². The quantitative estimate of drug-likeness (QED) is 0.494. The lowest BCUT2D eigenvalue weighted by molar-refractivity contribution is 0.588. The molecule has 0 saturated carbocycles. The van der Waals surface area contributed by atoms with Gasteiger partial charge in [0, 0.05) is 5.56 Å². The summed E-state index contributed by atoms with van der Waals surface area (Å²) in [5.74, 6) is -0.876. The lowest BCUT2D eigenvalue weighted by Crippen LogP contribution is -1.96. The number of rotatable bonds is 2. The third-order valence-corrected chi connectivity index (χ3v) is 5.56. The molecule has 2 aromatic rings. The Labute approximate surface area is 126 Å². The number of alkyl halides is 1. The fourth-order valence-electron chi connectivity index (χ4n) is 1.40. The van der Waals surface area contributed by atoms with Crippen LogP contribution in [0.25, 0.3) is 0 Å². The Bertz CT molecular complexity index is 554. The smallest absolute Gasteiger partial charge is 0.128 e. The summed E-state index contributed by atoms with van der Waals surface area (Å²) in [6, 6.07) is 5.32. The van der Waals surface area contributed by atoms with E-state index in [4.69, 9.17) is 0 Å². The molecule has 1 aromatic heterocycles. The number of hydrogen-bond donors (Lipinski definition) is 0. The number of halogens is 5. The van der Waals surface area contributed by atoms with Crippen molar-refractivity contribution < 1.29 is 8.78 Å². The molecule has 17 heavy (non-hydrogen) atoms. The number of benzene rings is 1. The van der Waals surface area contributed by atoms with Gasteiger partial charge in [-0.05, 0) is 61.7 Å². The van der Waals surface area contributed by atoms with Crippen molar-refractivity contribution >= 4 is 59.1 Å². The second-order valence-electron chi connectivity index (χ2n) is 3.31. The molecule has 0 radical (unpaired) electrons. The first kappa shape index (κ1) is 13.6. The summed E-state index contributed by atoms with van der Waals surface area (Å²) in [4.78, 5) is -0.380. The van der Waals surface area contributed by atoms with E-state index in [2.05, 4.69) is 47.8 Å². The Kier molecular flexibility index (Phi) is 4.39. The molecule has 6 heteroatoms. The van der Waals surface area contributed by atoms with Gasteiger partial charge in [-0.15, -0.1) is 11.3 Å². The zero-order chi connectivity index (χ0) is 12.6. The van der Waals surface area contributed by atoms with Crippen LogP contribution in [0.2, 0.25) is 0 Å². The number of thiophene rings is 1. The topological polar surface area (TPSA) is 0 Å². The summed E-state index contributed by atoms with van der Waals surface area (Å²) in [5, 5.41) is 0. The number of hydrogen-bond acceptors (Lipinski definition) is 1. The SMILES string of the molecule is Fc1ccc(F)c(C(Br)c2cc(Br)sc2Br)c1. The van der Waals surface area contributed by atoms with Gasteiger partial charge < -0.3 is 0 Å². The maximum atomic E-state index is 13.6. The maximum Gasteiger partial charge on any atom is 0.128 e. The Hall–Kier alpha value is 0.220. The average molecular weight is 447 g/mol. The molecular formula is C11H5Br3F2S. The first-order valence-electron chi connectivity index (χ1n) is 4.53. The fourth-order valence-corrected chi connectivity index (χ4v) is 5.47. The summed E-state index contributed by atoms with van der Waals surface area (Å²) < 4.78 is 28.6. The zero-order valence-electron chi connectivity index (χ0n) is 8.18. The summed E-state index contributed by atoms with van der Waals surface area (Å²) >= 11 is 11.6. The predicted molar refractivity (Wildman–Crippen MR) is 76.8 cm³/mol. The summed E-state index contributed by atoms with van der Waals surface area (Å²) in [6.07, 6.45) is 0. The molecule has 0 bridgehead atoms. The molecule has 2 rings (SSSR count). The Morgan fingerprint density at radius 2 is 1.76 bits per heavy atom. The van der Waals surface area contributed by atoms with Gasteiger partial charge in [0.1, 0.15) is 11.6 Å². The van der Waals surface area contributed by atoms with E-state index in [1.54, 1.807) is 0 Å². The van der Waals surface area contributed by atoms with E-state index in [0.717, 1.165) is 25.3 Å². The highest BCUT2D eigenvalue weighted by molar-refractivity contribution is 9.12. The lowest BCUT2D eigenvalue weighted by Gasteiger charge is -2.10. The molecular weight excluding hydrogens is 442 g/mol. The minimum Gasteiger partial charge on any atom is -0.207 e. The summed E-state index contributed by atoms with van der Waals surface area (Å²) in [7, 11) is 0. The van der Waals surface area contributed by atoms with Gasteiger partial charge in [0.05, 0.1) is 12.4 Å². The Morgan fingerprint density at radius 3 is 2.35 bits per heavy atom. The first-order chi connectivity index (χ1) is 7.99. The predicted octanol–water partition coefficient (Wildman–Crippen LogP) is 6.04. The molecule has 0 aliphatic rings. The highest BCUT2D eigenvalue weighted by atomic mass is 79.9. The van der Waals surface area contributed by atoms with Crippen LogP contribution in [0.4, 0.5) is 8.78 Å². The molecule has 1 heterocycles. The fraction of sp³-hybridized carbons (Fsp3) is 0.0909. The third-order valence-electron chi connectivity index (χ3n) is 2.19. The third kappa shape index (κ3) is 2.97. The van der Waals surface area contributed by atoms with E-state index in [0.29, 0.717) is 0 Å². The minimum atomic E-state index is -0.448. The van der Waals surface area contributed by atoms with Crippen LogP contribution in [-0.2, 0) is 0 Å². The first-order valence-corrected chi connectivity index (χ1v) is 7.84. The molecule has 0 N–H and O–H groups in total. The van der Waals surface area contributed by atoms with Gasteiger partial charge in [0.25, 0.3) is 0 Å². The monoisotopic (exact) mass is 444 g/mol. The molecule has 0 aliphatic carbocycles. The van der Waals surface area contributed by atoms with E-state index in [9.17, 15) is 8.78 Å². The van der Waals surface area contributed by atoms with Crippen molar-refractivity contribution in [2.24, 2.45) is 0 Å². The Morgan fingerprint density at radius 1 is 1.06 bits per heavy atom. The van der Waals surface area contributed by atoms with Crippen molar-refractivity contribution in [1.82, 2.24) is 0 Å². The van der Waals surface area contributed by atoms with Gasteiger partial charge in [-0.2, -0.15) is 0 Å². The average Bonchev–Trinajstić information content (AvgIpc) is 2.60. The van der Waals surface area contributed by atoms with E-state index in [1.165, 1.54) is 17.4 Å². The van der Waals surface area contributed by atoms with Crippen molar-refractivity contribution in [2.45, 2.75) is 4.83 Å². The van der Waals surface area contributed by atoms with Gasteiger partial charge in [0.15, 0.2) is 0 Å². The van der Waals surface area contributed by atoms with Crippen LogP contribution in [0.5, 0.6) is 0 Å². The van der Waals surface area contributed by atoms with Crippen molar-refractivity contribution in [3.63, 3.8) is 0 Å². The largest absolute Gasteiger partial charge is 0.207 e. The van der Waals surface area contributed by atoms with Crippen LogP contribution in [0.3, 0.4) is 0 Å². The van der Waals surface area contributed by atoms with E-state index in [1.807, 2.05) is 6.07 Å². The molecule has 1 unspecified atom stereocenters. The molecule has 0 aliphatic heterocycles. The molecule has 0 fully saturated rings. The standard InChI is InChI=1S/C11H5Br3F2S/c12-9-4-7(11(14)17-9)10(13)6-3-5(15)1-2-8(6)16/h1-4,10H. The van der Waals surface area contributed by atoms with Crippen LogP contribution in [-0.4, -0.2) is 0 Å². The molecule has 0 saturated heterocycles. The second kappa shape index (κ2) is 5.47. The van der Waals surface area contributed by atoms with E-state index in [-0.39, 0.29) is 10.4 Å². The van der Waals surface area contributed by atoms with Crippen molar-refractivity contribution in [3.8, 4) is 0 Å². The van der Waals surface area contributed by atoms with Gasteiger partial charge in [-0.3, -0.25) is 0 Å². The molecule has 1 aromatic carbocycles. The van der Waals surface area contributed by atoms with Gasteiger partial charge in [-0.25, -0.2) is 8.78 Å². The van der Waals surface area contributed by atoms with Crippen LogP contribution >= 0.6 is 59.1 Å². The van der Waals surface area contributed by atoms with Gasteiger partial charge in [0.2, 0.25) is 0 Å². The van der Waals surface area contributed by atoms with Crippen LogP contribution in [0.15, 0.2) is 31.8 Å². The van der Waals surface area contributed by atoms with Gasteiger partial charge >= 0.3 is 0 Å². The van der Waals surface area contributed by atoms with Crippen molar-refractivity contribution in [2.75, 3.05) is 0 Å². The summed E-state index contributed by atoms with van der Waals surface area (Å²) in [6.45, 7) is 0. The zero-order valence-corrected chi connectivity index (χ0v) is 13.8. The van der Waals surface area contributed by atoms with Crippen molar-refractivity contribution in [1.29, 1.82) is 0 Å². The summed E-state index contributed by atoms with van der Waals surface area (Å²) in [5.41, 5.74) is 1.15. The molecule has 0 amide bonds. The molecule has 0 spiro atoms. The highest BCUT2D eigenvalue weighted by Gasteiger charge is 2.20. The second-order valence-corrected chi connectivity index (χ2v) is 7.97. The lowest BCUT2D eigenvalue weighted by atomic mass is 10.1. The van der Waals surface area contributed by atoms with Crippen LogP contribution in [0.1, 0.15) is 16.0 Å². The molecule has 0 nitrogen and oxygen atoms in total. The maximum absolute atomic E-state index is 13.6. The minimum absolute atomic E-state index is 0.288.